The molecule has 0 heterocycles. The van der Waals surface area contributed by atoms with Gasteiger partial charge >= 0.3 is 0 Å². The van der Waals surface area contributed by atoms with E-state index >= 15 is 0 Å². The minimum Gasteiger partial charge on any atom is -0.564 e. The molecule has 1 fully saturated rings. The molecular weight excluding hydrogens is 308 g/mol. The molecule has 4 nitrogen and oxygen atoms in total. The fraction of sp³-hybridized carbons (Fsp3) is 0.571. The van der Waals surface area contributed by atoms with Crippen LogP contribution in [0.1, 0.15) is 6.42 Å². The second-order valence-corrected chi connectivity index (χ2v) is 4.11. The number of hydrogen-bond donors (Lipinski definition) is 3. The first-order chi connectivity index (χ1) is 5.91. The zero-order valence-electron chi connectivity index (χ0n) is 7.02. The zero-order valence-corrected chi connectivity index (χ0v) is 11.4. The molecule has 1 rings (SSSR count). The number of rotatable bonds is 3. The summed E-state index contributed by atoms with van der Waals surface area (Å²) in [6.07, 6.45) is -2.95. The Hall–Kier alpha value is 1.23. The standard InChI is InChI=1S/C7H8Cl2O4.Y/c8-7(9)3(1-5(7)12)6(13)4(11)2-10;/h2,4,6,10-11,13H,1H2;/q-2;. The van der Waals surface area contributed by atoms with Crippen molar-refractivity contribution in [1.82, 2.24) is 0 Å². The summed E-state index contributed by atoms with van der Waals surface area (Å²) in [7, 11) is 0. The van der Waals surface area contributed by atoms with Crippen molar-refractivity contribution in [3.05, 3.63) is 12.5 Å². The van der Waals surface area contributed by atoms with E-state index in [0.717, 1.165) is 0 Å². The van der Waals surface area contributed by atoms with E-state index in [1.807, 2.05) is 0 Å². The molecule has 0 aromatic rings. The van der Waals surface area contributed by atoms with Crippen LogP contribution in [0.2, 0.25) is 0 Å². The number of carbonyl (C=O) groups excluding carboxylic acids is 1. The van der Waals surface area contributed by atoms with Gasteiger partial charge in [-0.25, -0.2) is 5.92 Å². The molecular formula is C7H8Cl2O4Y-2. The molecule has 14 heavy (non-hydrogen) atoms. The fourth-order valence-corrected chi connectivity index (χ4v) is 1.54. The van der Waals surface area contributed by atoms with Gasteiger partial charge in [-0.1, -0.05) is 6.10 Å². The predicted molar refractivity (Wildman–Crippen MR) is 45.6 cm³/mol. The van der Waals surface area contributed by atoms with Crippen LogP contribution in [0.25, 0.3) is 0 Å². The maximum atomic E-state index is 10.8. The van der Waals surface area contributed by atoms with Crippen molar-refractivity contribution in [2.75, 3.05) is 0 Å². The van der Waals surface area contributed by atoms with Crippen LogP contribution in [0.5, 0.6) is 0 Å². The van der Waals surface area contributed by atoms with Crippen LogP contribution >= 0.6 is 23.2 Å². The molecule has 7 heteroatoms. The van der Waals surface area contributed by atoms with Crippen LogP contribution in [-0.2, 0) is 37.5 Å². The van der Waals surface area contributed by atoms with Crippen molar-refractivity contribution in [3.63, 3.8) is 0 Å². The topological polar surface area (TPSA) is 77.8 Å². The first-order valence-electron chi connectivity index (χ1n) is 3.52. The molecule has 2 atom stereocenters. The molecule has 1 aliphatic rings. The van der Waals surface area contributed by atoms with Gasteiger partial charge in [0.2, 0.25) is 0 Å². The van der Waals surface area contributed by atoms with Crippen LogP contribution in [-0.4, -0.2) is 37.6 Å². The Kier molecular flexibility index (Phi) is 6.02. The molecule has 0 bridgehead atoms. The second kappa shape index (κ2) is 5.53. The number of carbonyl (C=O) groups is 1. The van der Waals surface area contributed by atoms with E-state index < -0.39 is 22.3 Å². The minimum absolute atomic E-state index is 0. The molecule has 1 aliphatic carbocycles. The number of alkyl halides is 2. The normalized spacial score (nSPS) is 24.8. The van der Waals surface area contributed by atoms with Crippen molar-refractivity contribution in [2.24, 2.45) is 0 Å². The summed E-state index contributed by atoms with van der Waals surface area (Å²) in [5, 5.41) is 26.7. The third-order valence-electron chi connectivity index (χ3n) is 1.94. The van der Waals surface area contributed by atoms with Crippen LogP contribution < -0.4 is 0 Å². The van der Waals surface area contributed by atoms with Crippen LogP contribution in [0.3, 0.4) is 0 Å². The summed E-state index contributed by atoms with van der Waals surface area (Å²) in [6.45, 7) is 0.407. The number of hydrogen-bond acceptors (Lipinski definition) is 4. The summed E-state index contributed by atoms with van der Waals surface area (Å²) in [6, 6.07) is 0. The van der Waals surface area contributed by atoms with E-state index in [1.54, 1.807) is 0 Å². The Morgan fingerprint density at radius 2 is 2.00 bits per heavy atom. The second-order valence-electron chi connectivity index (χ2n) is 2.78. The average Bonchev–Trinajstić information content (AvgIpc) is 2.11. The first-order valence-corrected chi connectivity index (χ1v) is 4.28. The number of ketones is 1. The summed E-state index contributed by atoms with van der Waals surface area (Å²) in [4.78, 5) is 10.8. The molecule has 0 saturated heterocycles. The molecule has 0 amide bonds. The van der Waals surface area contributed by atoms with Gasteiger partial charge in [-0.15, -0.1) is 29.6 Å². The third kappa shape index (κ3) is 2.67. The van der Waals surface area contributed by atoms with E-state index in [2.05, 4.69) is 0 Å². The van der Waals surface area contributed by atoms with E-state index in [9.17, 15) is 9.90 Å². The molecule has 1 saturated carbocycles. The van der Waals surface area contributed by atoms with E-state index in [1.165, 1.54) is 0 Å². The van der Waals surface area contributed by atoms with Crippen molar-refractivity contribution >= 4 is 29.0 Å². The summed E-state index contributed by atoms with van der Waals surface area (Å²) < 4.78 is -1.72. The minimum atomic E-state index is -1.72. The number of aliphatic hydroxyl groups excluding tert-OH is 3. The largest absolute Gasteiger partial charge is 0.564 e. The Labute approximate surface area is 116 Å². The predicted octanol–water partition coefficient (Wildman–Crippen LogP) is -0.0388. The number of aliphatic hydroxyl groups is 3. The average molecular weight is 316 g/mol. The summed E-state index contributed by atoms with van der Waals surface area (Å²) in [5.41, 5.74) is 0. The Balaban J connectivity index is 0.00000169. The molecule has 0 aliphatic heterocycles. The summed E-state index contributed by atoms with van der Waals surface area (Å²) >= 11 is 11.1. The van der Waals surface area contributed by atoms with Crippen molar-refractivity contribution in [3.8, 4) is 0 Å². The smallest absolute Gasteiger partial charge is 0.109 e. The Morgan fingerprint density at radius 3 is 2.29 bits per heavy atom. The quantitative estimate of drug-likeness (QED) is 0.504. The molecule has 79 valence electrons. The maximum Gasteiger partial charge on any atom is 0.109 e. The molecule has 1 radical (unpaired) electrons. The van der Waals surface area contributed by atoms with Crippen molar-refractivity contribution < 1.29 is 52.8 Å². The van der Waals surface area contributed by atoms with Crippen molar-refractivity contribution in [1.29, 1.82) is 0 Å². The maximum absolute atomic E-state index is 10.8. The van der Waals surface area contributed by atoms with E-state index in [0.29, 0.717) is 6.61 Å². The van der Waals surface area contributed by atoms with E-state index in [4.69, 9.17) is 33.4 Å². The molecule has 2 unspecified atom stereocenters. The Morgan fingerprint density at radius 1 is 1.50 bits per heavy atom. The van der Waals surface area contributed by atoms with Gasteiger partial charge in [-0.2, -0.15) is 6.61 Å². The Bertz CT molecular complexity index is 224. The fourth-order valence-electron chi connectivity index (χ4n) is 1.05. The number of halogens is 2. The zero-order chi connectivity index (χ0) is 10.2. The number of Topliss-reactive ketones (excluding diaryl/α,β-unsaturated/α-hetero) is 1. The molecule has 3 N–H and O–H groups in total. The van der Waals surface area contributed by atoms with Gasteiger partial charge in [-0.05, 0) is 6.10 Å². The van der Waals surface area contributed by atoms with Crippen LogP contribution in [0, 0.1) is 12.5 Å². The van der Waals surface area contributed by atoms with Gasteiger partial charge in [0.05, 0.1) is 4.33 Å². The van der Waals surface area contributed by atoms with Crippen LogP contribution in [0.4, 0.5) is 0 Å². The third-order valence-corrected chi connectivity index (χ3v) is 2.84. The summed E-state index contributed by atoms with van der Waals surface area (Å²) in [5.74, 6) is -0.311. The van der Waals surface area contributed by atoms with Gasteiger partial charge in [0, 0.05) is 32.7 Å². The molecule has 0 aromatic heterocycles. The molecule has 0 spiro atoms. The first kappa shape index (κ1) is 15.2. The SMILES string of the molecule is O=C1C[C-](C(O)C(O)[CH-]O)C1(Cl)Cl.[Y]. The molecule has 0 aromatic carbocycles. The van der Waals surface area contributed by atoms with Gasteiger partial charge < -0.3 is 20.1 Å². The van der Waals surface area contributed by atoms with Gasteiger partial charge in [0.25, 0.3) is 0 Å². The van der Waals surface area contributed by atoms with Crippen LogP contribution in [0.15, 0.2) is 0 Å². The van der Waals surface area contributed by atoms with Gasteiger partial charge in [0.1, 0.15) is 5.78 Å². The van der Waals surface area contributed by atoms with Gasteiger partial charge in [0.15, 0.2) is 0 Å². The van der Waals surface area contributed by atoms with Gasteiger partial charge in [-0.3, -0.25) is 0 Å². The van der Waals surface area contributed by atoms with Crippen molar-refractivity contribution in [2.45, 2.75) is 23.0 Å². The van der Waals surface area contributed by atoms with E-state index in [-0.39, 0.29) is 45.0 Å². The monoisotopic (exact) mass is 315 g/mol.